The van der Waals surface area contributed by atoms with Gasteiger partial charge in [-0.1, -0.05) is 0 Å². The number of ketones is 1. The van der Waals surface area contributed by atoms with Crippen molar-refractivity contribution in [1.29, 1.82) is 0 Å². The number of rotatable bonds is 4. The Hall–Kier alpha value is -1.85. The Bertz CT molecular complexity index is 405. The van der Waals surface area contributed by atoms with Crippen LogP contribution >= 0.6 is 0 Å². The van der Waals surface area contributed by atoms with Crippen molar-refractivity contribution in [1.82, 2.24) is 0 Å². The van der Waals surface area contributed by atoms with Crippen molar-refractivity contribution in [2.45, 2.75) is 6.32 Å². The van der Waals surface area contributed by atoms with Gasteiger partial charge in [0.05, 0.1) is 19.9 Å². The summed E-state index contributed by atoms with van der Waals surface area (Å²) in [7, 11) is 6.48. The van der Waals surface area contributed by atoms with Gasteiger partial charge in [-0.15, -0.1) is 0 Å². The van der Waals surface area contributed by atoms with Gasteiger partial charge in [-0.05, 0) is 18.5 Å². The van der Waals surface area contributed by atoms with Gasteiger partial charge in [0.2, 0.25) is 0 Å². The van der Waals surface area contributed by atoms with E-state index < -0.39 is 4.92 Å². The third-order valence-electron chi connectivity index (χ3n) is 1.88. The Balaban J connectivity index is 3.22. The summed E-state index contributed by atoms with van der Waals surface area (Å²) in [5.41, 5.74) is -0.0261. The van der Waals surface area contributed by atoms with Crippen molar-refractivity contribution in [3.05, 3.63) is 33.9 Å². The van der Waals surface area contributed by atoms with Crippen molar-refractivity contribution < 1.29 is 14.5 Å². The fraction of sp³-hybridized carbons (Fsp3) is 0.222. The highest BCUT2D eigenvalue weighted by atomic mass is 16.6. The number of Topliss-reactive ketones (excluding diaryl/α,β-unsaturated/α-hetero) is 1. The minimum Gasteiger partial charge on any atom is -0.490 e. The normalized spacial score (nSPS) is 9.67. The summed E-state index contributed by atoms with van der Waals surface area (Å²) in [5, 5.41) is 10.6. The summed E-state index contributed by atoms with van der Waals surface area (Å²) in [5.74, 6) is -0.227. The molecule has 0 aromatic heterocycles. The molecule has 6 heteroatoms. The van der Waals surface area contributed by atoms with E-state index in [0.29, 0.717) is 0 Å². The molecule has 2 radical (unpaired) electrons. The first kappa shape index (κ1) is 11.2. The largest absolute Gasteiger partial charge is 0.490 e. The molecule has 0 fully saturated rings. The lowest BCUT2D eigenvalue weighted by Gasteiger charge is -2.03. The highest BCUT2D eigenvalue weighted by Crippen LogP contribution is 2.27. The highest BCUT2D eigenvalue weighted by molar-refractivity contribution is 6.24. The highest BCUT2D eigenvalue weighted by Gasteiger charge is 2.16. The quantitative estimate of drug-likeness (QED) is 0.322. The molecule has 0 heterocycles. The van der Waals surface area contributed by atoms with E-state index in [1.165, 1.54) is 19.2 Å². The van der Waals surface area contributed by atoms with E-state index in [9.17, 15) is 14.9 Å². The topological polar surface area (TPSA) is 69.4 Å². The van der Waals surface area contributed by atoms with Crippen LogP contribution in [0.25, 0.3) is 0 Å². The first-order chi connectivity index (χ1) is 7.10. The number of nitro benzene ring substituents is 1. The molecule has 0 bridgehead atoms. The van der Waals surface area contributed by atoms with Crippen LogP contribution in [-0.2, 0) is 0 Å². The number of carbonyl (C=O) groups excluding carboxylic acids is 1. The molecule has 76 valence electrons. The summed E-state index contributed by atoms with van der Waals surface area (Å²) in [6.07, 6.45) is -0.177. The van der Waals surface area contributed by atoms with E-state index in [2.05, 4.69) is 0 Å². The number of benzene rings is 1. The average Bonchev–Trinajstić information content (AvgIpc) is 2.27. The predicted octanol–water partition coefficient (Wildman–Crippen LogP) is 1.37. The Morgan fingerprint density at radius 1 is 1.60 bits per heavy atom. The summed E-state index contributed by atoms with van der Waals surface area (Å²) in [6, 6.07) is 3.98. The van der Waals surface area contributed by atoms with Gasteiger partial charge >= 0.3 is 5.69 Å². The molecule has 0 aliphatic rings. The molecule has 1 rings (SSSR count). The zero-order valence-electron chi connectivity index (χ0n) is 8.10. The van der Waals surface area contributed by atoms with Crippen LogP contribution in [0.3, 0.4) is 0 Å². The van der Waals surface area contributed by atoms with Crippen molar-refractivity contribution in [2.75, 3.05) is 7.11 Å². The predicted molar refractivity (Wildman–Crippen MR) is 54.5 cm³/mol. The molecule has 0 saturated heterocycles. The van der Waals surface area contributed by atoms with Crippen molar-refractivity contribution >= 4 is 19.3 Å². The second-order valence-electron chi connectivity index (χ2n) is 2.77. The van der Waals surface area contributed by atoms with Gasteiger partial charge in [0, 0.05) is 11.6 Å². The number of nitrogens with zero attached hydrogens (tertiary/aromatic N) is 1. The maximum absolute atomic E-state index is 11.2. The van der Waals surface area contributed by atoms with Crippen LogP contribution in [0.5, 0.6) is 5.75 Å². The average molecular weight is 205 g/mol. The smallest absolute Gasteiger partial charge is 0.311 e. The van der Waals surface area contributed by atoms with Crippen LogP contribution in [0.4, 0.5) is 5.69 Å². The van der Waals surface area contributed by atoms with Gasteiger partial charge < -0.3 is 4.74 Å². The minimum absolute atomic E-state index is 0.119. The standard InChI is InChI=1S/C9H8BNO4/c1-15-9-3-2-6(8(12)5-10)4-7(9)11(13)14/h2-4H,5H2,1H3. The first-order valence-electron chi connectivity index (χ1n) is 4.16. The molecule has 0 spiro atoms. The fourth-order valence-corrected chi connectivity index (χ4v) is 1.12. The third kappa shape index (κ3) is 2.34. The Morgan fingerprint density at radius 3 is 2.73 bits per heavy atom. The van der Waals surface area contributed by atoms with Crippen molar-refractivity contribution in [3.8, 4) is 5.75 Å². The van der Waals surface area contributed by atoms with E-state index in [1.54, 1.807) is 0 Å². The zero-order valence-corrected chi connectivity index (χ0v) is 8.10. The van der Waals surface area contributed by atoms with E-state index in [-0.39, 0.29) is 29.1 Å². The molecule has 1 aromatic rings. The molecule has 0 aliphatic heterocycles. The van der Waals surface area contributed by atoms with E-state index in [0.717, 1.165) is 6.07 Å². The van der Waals surface area contributed by atoms with Gasteiger partial charge in [-0.3, -0.25) is 14.9 Å². The molecule has 5 nitrogen and oxygen atoms in total. The van der Waals surface area contributed by atoms with Gasteiger partial charge in [-0.25, -0.2) is 0 Å². The lowest BCUT2D eigenvalue weighted by Crippen LogP contribution is -2.00. The molecule has 15 heavy (non-hydrogen) atoms. The van der Waals surface area contributed by atoms with Gasteiger partial charge in [0.15, 0.2) is 11.5 Å². The second kappa shape index (κ2) is 4.59. The molecule has 0 N–H and O–H groups in total. The van der Waals surface area contributed by atoms with Gasteiger partial charge in [0.1, 0.15) is 0 Å². The van der Waals surface area contributed by atoms with Crippen LogP contribution in [0.1, 0.15) is 10.4 Å². The van der Waals surface area contributed by atoms with E-state index in [1.807, 2.05) is 0 Å². The maximum atomic E-state index is 11.2. The van der Waals surface area contributed by atoms with Crippen LogP contribution < -0.4 is 4.74 Å². The van der Waals surface area contributed by atoms with Crippen molar-refractivity contribution in [2.24, 2.45) is 0 Å². The summed E-state index contributed by atoms with van der Waals surface area (Å²) in [6.45, 7) is 0. The molecule has 0 saturated carbocycles. The van der Waals surface area contributed by atoms with Gasteiger partial charge in [0.25, 0.3) is 0 Å². The van der Waals surface area contributed by atoms with Crippen LogP contribution in [0.2, 0.25) is 6.32 Å². The molecule has 0 atom stereocenters. The number of ether oxygens (including phenoxy) is 1. The monoisotopic (exact) mass is 205 g/mol. The number of carbonyl (C=O) groups is 1. The van der Waals surface area contributed by atoms with E-state index >= 15 is 0 Å². The summed E-state index contributed by atoms with van der Waals surface area (Å²) in [4.78, 5) is 21.2. The number of nitro groups is 1. The van der Waals surface area contributed by atoms with Crippen molar-refractivity contribution in [3.63, 3.8) is 0 Å². The lowest BCUT2D eigenvalue weighted by atomic mass is 9.95. The van der Waals surface area contributed by atoms with Crippen LogP contribution in [0.15, 0.2) is 18.2 Å². The van der Waals surface area contributed by atoms with E-state index in [4.69, 9.17) is 12.6 Å². The zero-order chi connectivity index (χ0) is 11.4. The van der Waals surface area contributed by atoms with Crippen LogP contribution in [-0.4, -0.2) is 25.7 Å². The summed E-state index contributed by atoms with van der Waals surface area (Å²) >= 11 is 0. The first-order valence-corrected chi connectivity index (χ1v) is 4.16. The molecule has 1 aromatic carbocycles. The van der Waals surface area contributed by atoms with Gasteiger partial charge in [-0.2, -0.15) is 0 Å². The number of methoxy groups -OCH3 is 1. The SMILES string of the molecule is [B]CC(=O)c1ccc(OC)c([N+](=O)[O-])c1. The second-order valence-corrected chi connectivity index (χ2v) is 2.77. The molecule has 0 aliphatic carbocycles. The molecular weight excluding hydrogens is 197 g/mol. The fourth-order valence-electron chi connectivity index (χ4n) is 1.12. The Morgan fingerprint density at radius 2 is 2.27 bits per heavy atom. The lowest BCUT2D eigenvalue weighted by molar-refractivity contribution is -0.385. The van der Waals surface area contributed by atoms with Crippen LogP contribution in [0, 0.1) is 10.1 Å². The molecular formula is C9H8BNO4. The molecule has 0 unspecified atom stereocenters. The number of hydrogen-bond donors (Lipinski definition) is 0. The molecule has 0 amide bonds. The minimum atomic E-state index is -0.605. The number of hydrogen-bond acceptors (Lipinski definition) is 4. The maximum Gasteiger partial charge on any atom is 0.311 e. The third-order valence-corrected chi connectivity index (χ3v) is 1.88. The Labute approximate surface area is 87.6 Å². The Kier molecular flexibility index (Phi) is 3.44. The summed E-state index contributed by atoms with van der Waals surface area (Å²) < 4.78 is 4.79.